The molecule has 2 N–H and O–H groups in total. The number of rotatable bonds is 5. The van der Waals surface area contributed by atoms with E-state index >= 15 is 0 Å². The second-order valence-corrected chi connectivity index (χ2v) is 8.74. The first-order valence-corrected chi connectivity index (χ1v) is 11.6. The molecule has 2 aliphatic rings. The van der Waals surface area contributed by atoms with E-state index < -0.39 is 0 Å². The van der Waals surface area contributed by atoms with Crippen LogP contribution in [0.5, 0.6) is 0 Å². The van der Waals surface area contributed by atoms with Crippen LogP contribution in [0.4, 0.5) is 4.39 Å². The van der Waals surface area contributed by atoms with Crippen LogP contribution >= 0.6 is 0 Å². The average Bonchev–Trinajstić information content (AvgIpc) is 2.86. The summed E-state index contributed by atoms with van der Waals surface area (Å²) in [5, 5.41) is 6.64. The van der Waals surface area contributed by atoms with Crippen LogP contribution in [0.2, 0.25) is 0 Å². The van der Waals surface area contributed by atoms with Crippen molar-refractivity contribution >= 4 is 5.91 Å². The molecule has 0 aromatic heterocycles. The topological polar surface area (TPSA) is 47.6 Å². The predicted molar refractivity (Wildman–Crippen MR) is 127 cm³/mol. The van der Waals surface area contributed by atoms with Crippen molar-refractivity contribution < 1.29 is 9.18 Å². The first-order chi connectivity index (χ1) is 16.2. The van der Waals surface area contributed by atoms with Crippen molar-refractivity contribution in [2.45, 2.75) is 24.8 Å². The van der Waals surface area contributed by atoms with Crippen LogP contribution in [0.25, 0.3) is 0 Å². The highest BCUT2D eigenvalue weighted by Gasteiger charge is 2.34. The number of carbonyl (C=O) groups is 1. The minimum atomic E-state index is -0.266. The fourth-order valence-corrected chi connectivity index (χ4v) is 4.93. The summed E-state index contributed by atoms with van der Waals surface area (Å²) in [5.41, 5.74) is 3.51. The van der Waals surface area contributed by atoms with E-state index in [1.165, 1.54) is 23.3 Å². The van der Waals surface area contributed by atoms with Gasteiger partial charge in [-0.3, -0.25) is 19.9 Å². The molecule has 2 fully saturated rings. The summed E-state index contributed by atoms with van der Waals surface area (Å²) in [6, 6.07) is 27.8. The highest BCUT2D eigenvalue weighted by Crippen LogP contribution is 2.30. The Labute approximate surface area is 194 Å². The zero-order valence-electron chi connectivity index (χ0n) is 18.5. The molecule has 0 spiro atoms. The van der Waals surface area contributed by atoms with E-state index in [0.717, 1.165) is 31.7 Å². The number of amides is 1. The quantitative estimate of drug-likeness (QED) is 0.631. The summed E-state index contributed by atoms with van der Waals surface area (Å²) in [6.07, 6.45) is 0.127. The molecule has 3 aromatic rings. The van der Waals surface area contributed by atoms with Gasteiger partial charge in [-0.1, -0.05) is 72.8 Å². The van der Waals surface area contributed by atoms with E-state index in [2.05, 4.69) is 81.1 Å². The number of hydrogen-bond acceptors (Lipinski definition) is 4. The molecule has 1 amide bonds. The number of piperazine rings is 1. The Kier molecular flexibility index (Phi) is 6.48. The number of carbonyl (C=O) groups excluding carboxylic acids is 1. The smallest absolute Gasteiger partial charge is 0.224 e. The van der Waals surface area contributed by atoms with Crippen LogP contribution in [0, 0.1) is 5.82 Å². The van der Waals surface area contributed by atoms with Crippen LogP contribution in [0.15, 0.2) is 84.9 Å². The van der Waals surface area contributed by atoms with Crippen LogP contribution in [-0.4, -0.2) is 48.2 Å². The van der Waals surface area contributed by atoms with Crippen molar-refractivity contribution in [3.05, 3.63) is 107 Å². The molecule has 170 valence electrons. The lowest BCUT2D eigenvalue weighted by atomic mass is 9.96. The van der Waals surface area contributed by atoms with E-state index in [4.69, 9.17) is 0 Å². The highest BCUT2D eigenvalue weighted by atomic mass is 19.1. The van der Waals surface area contributed by atoms with Gasteiger partial charge in [0.2, 0.25) is 5.91 Å². The minimum absolute atomic E-state index is 0.0157. The largest absolute Gasteiger partial charge is 0.328 e. The summed E-state index contributed by atoms with van der Waals surface area (Å²) < 4.78 is 13.3. The minimum Gasteiger partial charge on any atom is -0.328 e. The Morgan fingerprint density at radius 1 is 0.788 bits per heavy atom. The van der Waals surface area contributed by atoms with Gasteiger partial charge in [0.15, 0.2) is 0 Å². The highest BCUT2D eigenvalue weighted by molar-refractivity contribution is 5.78. The van der Waals surface area contributed by atoms with E-state index in [9.17, 15) is 9.18 Å². The molecule has 0 saturated carbocycles. The molecule has 2 saturated heterocycles. The van der Waals surface area contributed by atoms with Crippen molar-refractivity contribution in [1.29, 1.82) is 0 Å². The lowest BCUT2D eigenvalue weighted by Crippen LogP contribution is -2.64. The van der Waals surface area contributed by atoms with Gasteiger partial charge in [-0.15, -0.1) is 0 Å². The van der Waals surface area contributed by atoms with E-state index in [1.807, 2.05) is 0 Å². The van der Waals surface area contributed by atoms with Crippen LogP contribution in [-0.2, 0) is 4.79 Å². The molecule has 5 nitrogen and oxygen atoms in total. The number of benzene rings is 3. The van der Waals surface area contributed by atoms with E-state index in [0.29, 0.717) is 6.42 Å². The number of halogens is 1. The maximum atomic E-state index is 13.3. The standard InChI is InChI=1S/C27H29FN4O/c28-23-13-11-20(12-14-23)24-19-25(33)30-27(29-24)32-17-15-31(16-18-32)26(21-7-3-1-4-8-21)22-9-5-2-6-10-22/h1-14,24,26-27,29H,15-19H2,(H,30,33). The van der Waals surface area contributed by atoms with Crippen molar-refractivity contribution in [2.24, 2.45) is 0 Å². The first-order valence-electron chi connectivity index (χ1n) is 11.6. The SMILES string of the molecule is O=C1CC(c2ccc(F)cc2)NC(N2CCN(C(c3ccccc3)c3ccccc3)CC2)N1. The van der Waals surface area contributed by atoms with Crippen LogP contribution < -0.4 is 10.6 Å². The van der Waals surface area contributed by atoms with Crippen molar-refractivity contribution in [1.82, 2.24) is 20.4 Å². The lowest BCUT2D eigenvalue weighted by molar-refractivity contribution is -0.127. The van der Waals surface area contributed by atoms with Gasteiger partial charge >= 0.3 is 0 Å². The third-order valence-electron chi connectivity index (χ3n) is 6.63. The summed E-state index contributed by atoms with van der Waals surface area (Å²) in [5.74, 6) is -0.250. The maximum Gasteiger partial charge on any atom is 0.224 e. The van der Waals surface area contributed by atoms with Gasteiger partial charge in [0.1, 0.15) is 12.1 Å². The molecule has 2 atom stereocenters. The van der Waals surface area contributed by atoms with Crippen molar-refractivity contribution in [2.75, 3.05) is 26.2 Å². The summed E-state index contributed by atoms with van der Waals surface area (Å²) >= 11 is 0. The zero-order valence-corrected chi connectivity index (χ0v) is 18.5. The summed E-state index contributed by atoms with van der Waals surface area (Å²) in [7, 11) is 0. The van der Waals surface area contributed by atoms with Crippen molar-refractivity contribution in [3.8, 4) is 0 Å². The second kappa shape index (κ2) is 9.83. The number of nitrogens with zero attached hydrogens (tertiary/aromatic N) is 2. The van der Waals surface area contributed by atoms with Gasteiger partial charge < -0.3 is 5.32 Å². The molecule has 0 radical (unpaired) electrons. The van der Waals surface area contributed by atoms with Crippen molar-refractivity contribution in [3.63, 3.8) is 0 Å². The molecule has 0 aliphatic carbocycles. The third kappa shape index (κ3) is 4.98. The fraction of sp³-hybridized carbons (Fsp3) is 0.296. The Hall–Kier alpha value is -3.06. The van der Waals surface area contributed by atoms with E-state index in [-0.39, 0.29) is 30.1 Å². The van der Waals surface area contributed by atoms with Crippen LogP contribution in [0.1, 0.15) is 35.2 Å². The Balaban J connectivity index is 1.28. The molecule has 33 heavy (non-hydrogen) atoms. The molecular formula is C27H29FN4O. The molecule has 3 aromatic carbocycles. The third-order valence-corrected chi connectivity index (χ3v) is 6.63. The number of hydrogen-bond donors (Lipinski definition) is 2. The number of nitrogens with one attached hydrogen (secondary N) is 2. The van der Waals surface area contributed by atoms with Gasteiger partial charge in [0.25, 0.3) is 0 Å². The van der Waals surface area contributed by atoms with Gasteiger partial charge in [0, 0.05) is 38.6 Å². The average molecular weight is 445 g/mol. The zero-order chi connectivity index (χ0) is 22.6. The van der Waals surface area contributed by atoms with Gasteiger partial charge in [0.05, 0.1) is 6.04 Å². The molecular weight excluding hydrogens is 415 g/mol. The Morgan fingerprint density at radius 3 is 1.94 bits per heavy atom. The lowest BCUT2D eigenvalue weighted by Gasteiger charge is -2.45. The van der Waals surface area contributed by atoms with E-state index in [1.54, 1.807) is 12.1 Å². The molecule has 2 aliphatic heterocycles. The second-order valence-electron chi connectivity index (χ2n) is 8.74. The normalized spacial score (nSPS) is 22.3. The Bertz CT molecular complexity index is 1010. The van der Waals surface area contributed by atoms with Gasteiger partial charge in [-0.05, 0) is 28.8 Å². The summed E-state index contributed by atoms with van der Waals surface area (Å²) in [4.78, 5) is 17.3. The molecule has 2 heterocycles. The van der Waals surface area contributed by atoms with Crippen LogP contribution in [0.3, 0.4) is 0 Å². The Morgan fingerprint density at radius 2 is 1.36 bits per heavy atom. The maximum absolute atomic E-state index is 13.3. The molecule has 0 bridgehead atoms. The van der Waals surface area contributed by atoms with Gasteiger partial charge in [-0.25, -0.2) is 4.39 Å². The fourth-order valence-electron chi connectivity index (χ4n) is 4.93. The first kappa shape index (κ1) is 21.8. The molecule has 2 unspecified atom stereocenters. The molecule has 6 heteroatoms. The van der Waals surface area contributed by atoms with Gasteiger partial charge in [-0.2, -0.15) is 0 Å². The monoisotopic (exact) mass is 444 g/mol. The predicted octanol–water partition coefficient (Wildman–Crippen LogP) is 3.67. The summed E-state index contributed by atoms with van der Waals surface area (Å²) in [6.45, 7) is 3.46. The molecule has 5 rings (SSSR count).